The molecule has 3 saturated heterocycles. The van der Waals surface area contributed by atoms with Crippen molar-refractivity contribution in [3.8, 4) is 6.07 Å². The summed E-state index contributed by atoms with van der Waals surface area (Å²) in [5, 5.41) is 19.9. The first kappa shape index (κ1) is 20.5. The molecule has 0 aromatic heterocycles. The zero-order valence-corrected chi connectivity index (χ0v) is 17.4. The number of methoxy groups -OCH3 is 1. The predicted octanol–water partition coefficient (Wildman–Crippen LogP) is -0.0812. The fourth-order valence-corrected chi connectivity index (χ4v) is 4.86. The molecule has 3 fully saturated rings. The van der Waals surface area contributed by atoms with Gasteiger partial charge in [-0.25, -0.2) is 0 Å². The van der Waals surface area contributed by atoms with Crippen molar-refractivity contribution < 1.29 is 9.47 Å². The number of hydrogen-bond acceptors (Lipinski definition) is 8. The zero-order chi connectivity index (χ0) is 20.3. The highest BCUT2D eigenvalue weighted by atomic mass is 16.5. The summed E-state index contributed by atoms with van der Waals surface area (Å²) >= 11 is 0. The van der Waals surface area contributed by atoms with Crippen LogP contribution in [0, 0.1) is 11.3 Å². The van der Waals surface area contributed by atoms with Crippen molar-refractivity contribution in [2.45, 2.75) is 30.5 Å². The first-order chi connectivity index (χ1) is 14.2. The fourth-order valence-electron chi connectivity index (χ4n) is 4.86. The van der Waals surface area contributed by atoms with E-state index in [9.17, 15) is 5.26 Å². The summed E-state index contributed by atoms with van der Waals surface area (Å²) < 4.78 is 12.9. The van der Waals surface area contributed by atoms with Gasteiger partial charge < -0.3 is 30.3 Å². The van der Waals surface area contributed by atoms with Crippen molar-refractivity contribution in [3.05, 3.63) is 29.8 Å². The summed E-state index contributed by atoms with van der Waals surface area (Å²) in [6.07, 6.45) is 1.06. The number of benzene rings is 1. The highest BCUT2D eigenvalue weighted by molar-refractivity contribution is 5.52. The van der Waals surface area contributed by atoms with E-state index in [1.165, 1.54) is 0 Å². The van der Waals surface area contributed by atoms with E-state index < -0.39 is 5.72 Å². The summed E-state index contributed by atoms with van der Waals surface area (Å²) in [6.45, 7) is 6.07. The lowest BCUT2D eigenvalue weighted by Gasteiger charge is -2.56. The minimum atomic E-state index is -0.599. The van der Waals surface area contributed by atoms with Crippen LogP contribution >= 0.6 is 0 Å². The Labute approximate surface area is 173 Å². The molecule has 0 saturated carbocycles. The molecule has 8 heteroatoms. The van der Waals surface area contributed by atoms with Gasteiger partial charge in [0.15, 0.2) is 5.72 Å². The molecule has 0 spiro atoms. The molecular weight excluding hydrogens is 368 g/mol. The number of nitriles is 1. The SMILES string of the molecule is COC1C(C2(OC3CCNC3)CNCCN2c2ccc(C#N)cc2)NCCN1C. The second-order valence-electron chi connectivity index (χ2n) is 8.10. The number of nitrogens with zero attached hydrogens (tertiary/aromatic N) is 3. The largest absolute Gasteiger partial charge is 0.365 e. The van der Waals surface area contributed by atoms with Crippen LogP contribution in [0.4, 0.5) is 5.69 Å². The molecule has 4 atom stereocenters. The average molecular weight is 401 g/mol. The second-order valence-corrected chi connectivity index (χ2v) is 8.10. The number of ether oxygens (including phenoxy) is 2. The Kier molecular flexibility index (Phi) is 6.35. The van der Waals surface area contributed by atoms with Crippen LogP contribution in [0.2, 0.25) is 0 Å². The first-order valence-corrected chi connectivity index (χ1v) is 10.5. The minimum absolute atomic E-state index is 0.0321. The predicted molar refractivity (Wildman–Crippen MR) is 112 cm³/mol. The van der Waals surface area contributed by atoms with Gasteiger partial charge in [0.05, 0.1) is 23.8 Å². The van der Waals surface area contributed by atoms with Gasteiger partial charge in [0.1, 0.15) is 6.23 Å². The molecule has 4 rings (SSSR count). The van der Waals surface area contributed by atoms with Gasteiger partial charge in [-0.3, -0.25) is 4.90 Å². The molecule has 0 aliphatic carbocycles. The number of piperazine rings is 2. The van der Waals surface area contributed by atoms with E-state index in [2.05, 4.69) is 38.9 Å². The van der Waals surface area contributed by atoms with Gasteiger partial charge in [-0.05, 0) is 44.3 Å². The maximum Gasteiger partial charge on any atom is 0.173 e. The van der Waals surface area contributed by atoms with E-state index in [-0.39, 0.29) is 18.4 Å². The summed E-state index contributed by atoms with van der Waals surface area (Å²) in [6, 6.07) is 10.0. The Bertz CT molecular complexity index is 717. The van der Waals surface area contributed by atoms with E-state index in [1.54, 1.807) is 7.11 Å². The molecule has 0 amide bonds. The quantitative estimate of drug-likeness (QED) is 0.633. The third kappa shape index (κ3) is 3.99. The molecule has 1 aromatic carbocycles. The van der Waals surface area contributed by atoms with E-state index in [0.29, 0.717) is 12.1 Å². The van der Waals surface area contributed by atoms with Gasteiger partial charge in [-0.1, -0.05) is 0 Å². The fraction of sp³-hybridized carbons (Fsp3) is 0.667. The van der Waals surface area contributed by atoms with E-state index in [0.717, 1.165) is 51.4 Å². The van der Waals surface area contributed by atoms with Crippen LogP contribution in [0.3, 0.4) is 0 Å². The average Bonchev–Trinajstić information content (AvgIpc) is 3.27. The summed E-state index contributed by atoms with van der Waals surface area (Å²) in [7, 11) is 3.88. The molecular formula is C21H32N6O2. The number of rotatable bonds is 5. The third-order valence-corrected chi connectivity index (χ3v) is 6.32. The summed E-state index contributed by atoms with van der Waals surface area (Å²) in [5.41, 5.74) is 1.14. The maximum atomic E-state index is 9.19. The lowest BCUT2D eigenvalue weighted by atomic mass is 9.93. The highest BCUT2D eigenvalue weighted by Crippen LogP contribution is 2.35. The molecule has 3 aliphatic rings. The van der Waals surface area contributed by atoms with Crippen LogP contribution < -0.4 is 20.9 Å². The van der Waals surface area contributed by atoms with Crippen molar-refractivity contribution >= 4 is 5.69 Å². The lowest BCUT2D eigenvalue weighted by molar-refractivity contribution is -0.172. The molecule has 29 heavy (non-hydrogen) atoms. The van der Waals surface area contributed by atoms with E-state index in [4.69, 9.17) is 9.47 Å². The van der Waals surface area contributed by atoms with Gasteiger partial charge in [0, 0.05) is 52.1 Å². The van der Waals surface area contributed by atoms with Crippen LogP contribution in [0.25, 0.3) is 0 Å². The van der Waals surface area contributed by atoms with Crippen molar-refractivity contribution in [2.24, 2.45) is 0 Å². The van der Waals surface area contributed by atoms with Crippen LogP contribution in [-0.2, 0) is 9.47 Å². The second kappa shape index (κ2) is 8.96. The topological polar surface area (TPSA) is 84.8 Å². The summed E-state index contributed by atoms with van der Waals surface area (Å²) in [4.78, 5) is 4.62. The number of anilines is 1. The minimum Gasteiger partial charge on any atom is -0.365 e. The van der Waals surface area contributed by atoms with Crippen LogP contribution in [0.15, 0.2) is 24.3 Å². The van der Waals surface area contributed by atoms with Crippen molar-refractivity contribution in [3.63, 3.8) is 0 Å². The van der Waals surface area contributed by atoms with E-state index in [1.807, 2.05) is 24.3 Å². The first-order valence-electron chi connectivity index (χ1n) is 10.5. The zero-order valence-electron chi connectivity index (χ0n) is 17.4. The van der Waals surface area contributed by atoms with Gasteiger partial charge in [-0.2, -0.15) is 5.26 Å². The van der Waals surface area contributed by atoms with Gasteiger partial charge in [-0.15, -0.1) is 0 Å². The Morgan fingerprint density at radius 2 is 1.97 bits per heavy atom. The van der Waals surface area contributed by atoms with E-state index >= 15 is 0 Å². The molecule has 0 radical (unpaired) electrons. The third-order valence-electron chi connectivity index (χ3n) is 6.32. The molecule has 4 unspecified atom stereocenters. The number of hydrogen-bond donors (Lipinski definition) is 3. The molecule has 8 nitrogen and oxygen atoms in total. The smallest absolute Gasteiger partial charge is 0.173 e. The molecule has 158 valence electrons. The normalized spacial score (nSPS) is 33.6. The molecule has 3 aliphatic heterocycles. The molecule has 0 bridgehead atoms. The number of nitrogens with one attached hydrogen (secondary N) is 3. The summed E-state index contributed by atoms with van der Waals surface area (Å²) in [5.74, 6) is 0. The molecule has 3 heterocycles. The van der Waals surface area contributed by atoms with Gasteiger partial charge in [0.2, 0.25) is 0 Å². The highest BCUT2D eigenvalue weighted by Gasteiger charge is 2.53. The van der Waals surface area contributed by atoms with Crippen molar-refractivity contribution in [2.75, 3.05) is 64.9 Å². The molecule has 3 N–H and O–H groups in total. The number of likely N-dealkylation sites (N-methyl/N-ethyl adjacent to an activating group) is 1. The van der Waals surface area contributed by atoms with Crippen LogP contribution in [-0.4, -0.2) is 89.0 Å². The van der Waals surface area contributed by atoms with Crippen LogP contribution in [0.5, 0.6) is 0 Å². The van der Waals surface area contributed by atoms with Crippen LogP contribution in [0.1, 0.15) is 12.0 Å². The maximum absolute atomic E-state index is 9.19. The van der Waals surface area contributed by atoms with Crippen molar-refractivity contribution in [1.82, 2.24) is 20.9 Å². The Morgan fingerprint density at radius 1 is 1.14 bits per heavy atom. The van der Waals surface area contributed by atoms with Gasteiger partial charge in [0.25, 0.3) is 0 Å². The standard InChI is InChI=1S/C21H32N6O2/c1-26-11-10-25-19(20(26)28-2)21(29-18-7-8-23-14-18)15-24-9-12-27(21)17-5-3-16(13-22)4-6-17/h3-6,18-20,23-25H,7-12,14-15H2,1-2H3. The monoisotopic (exact) mass is 400 g/mol. The molecule has 1 aromatic rings. The Hall–Kier alpha value is -1.73. The lowest BCUT2D eigenvalue weighted by Crippen LogP contribution is -2.78. The van der Waals surface area contributed by atoms with Crippen molar-refractivity contribution in [1.29, 1.82) is 5.26 Å². The van der Waals surface area contributed by atoms with Gasteiger partial charge >= 0.3 is 0 Å². The Balaban J connectivity index is 1.74. The Morgan fingerprint density at radius 3 is 2.66 bits per heavy atom.